The van der Waals surface area contributed by atoms with Crippen molar-refractivity contribution in [2.24, 2.45) is 5.92 Å². The van der Waals surface area contributed by atoms with E-state index in [4.69, 9.17) is 9.47 Å². The summed E-state index contributed by atoms with van der Waals surface area (Å²) in [6.45, 7) is -1.18. The van der Waals surface area contributed by atoms with Gasteiger partial charge in [0.15, 0.2) is 23.3 Å². The fourth-order valence-electron chi connectivity index (χ4n) is 3.27. The molecule has 0 saturated carbocycles. The highest BCUT2D eigenvalue weighted by Gasteiger charge is 2.33. The normalized spacial score (nSPS) is 15.6. The van der Waals surface area contributed by atoms with Crippen LogP contribution in [0.3, 0.4) is 0 Å². The van der Waals surface area contributed by atoms with Crippen molar-refractivity contribution in [3.8, 4) is 5.75 Å². The third-order valence-corrected chi connectivity index (χ3v) is 7.06. The first-order valence-electron chi connectivity index (χ1n) is 9.39. The van der Waals surface area contributed by atoms with Gasteiger partial charge in [0.2, 0.25) is 15.8 Å². The SMILES string of the molecule is COc1ccc(S(=O)(=O)N2CCC(C(=O)OCc3c(F)c(F)c(F)c(F)c3F)CC2)cc1. The van der Waals surface area contributed by atoms with Crippen molar-refractivity contribution in [2.45, 2.75) is 24.3 Å². The van der Waals surface area contributed by atoms with Gasteiger partial charge in [-0.2, -0.15) is 4.31 Å². The number of benzene rings is 2. The predicted octanol–water partition coefficient (Wildman–Crippen LogP) is 3.53. The minimum atomic E-state index is -3.81. The molecule has 1 heterocycles. The van der Waals surface area contributed by atoms with Crippen LogP contribution in [0.4, 0.5) is 22.0 Å². The lowest BCUT2D eigenvalue weighted by Gasteiger charge is -2.30. The minimum absolute atomic E-state index is 0.0172. The van der Waals surface area contributed by atoms with E-state index in [1.165, 1.54) is 35.7 Å². The van der Waals surface area contributed by atoms with Gasteiger partial charge in [-0.3, -0.25) is 4.79 Å². The maximum atomic E-state index is 13.7. The summed E-state index contributed by atoms with van der Waals surface area (Å²) in [6, 6.07) is 5.77. The number of piperidine rings is 1. The van der Waals surface area contributed by atoms with Crippen molar-refractivity contribution in [1.82, 2.24) is 4.31 Å². The molecular formula is C20H18F5NO5S. The highest BCUT2D eigenvalue weighted by atomic mass is 32.2. The van der Waals surface area contributed by atoms with E-state index in [-0.39, 0.29) is 30.8 Å². The maximum absolute atomic E-state index is 13.7. The van der Waals surface area contributed by atoms with Crippen molar-refractivity contribution in [2.75, 3.05) is 20.2 Å². The number of carbonyl (C=O) groups is 1. The first-order valence-corrected chi connectivity index (χ1v) is 10.8. The van der Waals surface area contributed by atoms with Crippen LogP contribution in [0.2, 0.25) is 0 Å². The molecule has 0 bridgehead atoms. The standard InChI is InChI=1S/C20H18F5NO5S/c1-30-12-2-4-13(5-3-12)32(28,29)26-8-6-11(7-9-26)20(27)31-10-14-15(21)17(23)19(25)18(24)16(14)22/h2-5,11H,6-10H2,1H3. The molecule has 12 heteroatoms. The Balaban J connectivity index is 1.61. The van der Waals surface area contributed by atoms with Gasteiger partial charge in [-0.25, -0.2) is 30.4 Å². The van der Waals surface area contributed by atoms with Crippen LogP contribution in [-0.4, -0.2) is 38.9 Å². The van der Waals surface area contributed by atoms with Crippen LogP contribution in [0.1, 0.15) is 18.4 Å². The maximum Gasteiger partial charge on any atom is 0.309 e. The van der Waals surface area contributed by atoms with Gasteiger partial charge in [-0.15, -0.1) is 0 Å². The molecule has 0 radical (unpaired) electrons. The lowest BCUT2D eigenvalue weighted by atomic mass is 9.98. The second-order valence-corrected chi connectivity index (χ2v) is 8.95. The van der Waals surface area contributed by atoms with Gasteiger partial charge in [0, 0.05) is 13.1 Å². The number of rotatable bonds is 6. The molecule has 0 atom stereocenters. The van der Waals surface area contributed by atoms with Crippen LogP contribution in [0, 0.1) is 35.0 Å². The van der Waals surface area contributed by atoms with Crippen molar-refractivity contribution in [3.05, 3.63) is 58.9 Å². The van der Waals surface area contributed by atoms with Gasteiger partial charge in [-0.05, 0) is 37.1 Å². The molecule has 2 aromatic carbocycles. The molecule has 0 spiro atoms. The number of methoxy groups -OCH3 is 1. The van der Waals surface area contributed by atoms with Crippen molar-refractivity contribution in [3.63, 3.8) is 0 Å². The molecule has 1 fully saturated rings. The first kappa shape index (κ1) is 23.9. The zero-order chi connectivity index (χ0) is 23.6. The van der Waals surface area contributed by atoms with E-state index >= 15 is 0 Å². The van der Waals surface area contributed by atoms with Crippen molar-refractivity contribution < 1.29 is 44.6 Å². The highest BCUT2D eigenvalue weighted by molar-refractivity contribution is 7.89. The molecule has 0 unspecified atom stereocenters. The van der Waals surface area contributed by atoms with E-state index in [2.05, 4.69) is 0 Å². The molecule has 1 aliphatic heterocycles. The molecular weight excluding hydrogens is 461 g/mol. The van der Waals surface area contributed by atoms with Crippen LogP contribution < -0.4 is 4.74 Å². The monoisotopic (exact) mass is 479 g/mol. The van der Waals surface area contributed by atoms with Gasteiger partial charge in [0.05, 0.1) is 23.5 Å². The molecule has 1 saturated heterocycles. The van der Waals surface area contributed by atoms with Crippen molar-refractivity contribution >= 4 is 16.0 Å². The Labute approximate surface area is 180 Å². The average Bonchev–Trinajstić information content (AvgIpc) is 2.81. The predicted molar refractivity (Wildman–Crippen MR) is 101 cm³/mol. The summed E-state index contributed by atoms with van der Waals surface area (Å²) in [4.78, 5) is 12.3. The molecule has 0 aliphatic carbocycles. The molecule has 1 aliphatic rings. The Morgan fingerprint density at radius 1 is 0.938 bits per heavy atom. The molecule has 0 amide bonds. The number of sulfonamides is 1. The third-order valence-electron chi connectivity index (χ3n) is 5.14. The summed E-state index contributed by atoms with van der Waals surface area (Å²) < 4.78 is 103. The van der Waals surface area contributed by atoms with Crippen LogP contribution in [0.5, 0.6) is 5.75 Å². The third kappa shape index (κ3) is 4.56. The number of hydrogen-bond acceptors (Lipinski definition) is 5. The van der Waals surface area contributed by atoms with Crippen LogP contribution in [0.25, 0.3) is 0 Å². The molecule has 0 aromatic heterocycles. The van der Waals surface area contributed by atoms with E-state index in [0.717, 1.165) is 0 Å². The van der Waals surface area contributed by atoms with Gasteiger partial charge in [0.1, 0.15) is 12.4 Å². The Hall–Kier alpha value is -2.73. The molecule has 2 aromatic rings. The topological polar surface area (TPSA) is 72.9 Å². The molecule has 0 N–H and O–H groups in total. The number of nitrogens with zero attached hydrogens (tertiary/aromatic N) is 1. The minimum Gasteiger partial charge on any atom is -0.497 e. The van der Waals surface area contributed by atoms with Crippen molar-refractivity contribution in [1.29, 1.82) is 0 Å². The largest absolute Gasteiger partial charge is 0.497 e. The van der Waals surface area contributed by atoms with E-state index < -0.39 is 63.2 Å². The number of hydrogen-bond donors (Lipinski definition) is 0. The number of ether oxygens (including phenoxy) is 2. The first-order chi connectivity index (χ1) is 15.1. The quantitative estimate of drug-likeness (QED) is 0.274. The van der Waals surface area contributed by atoms with E-state index in [1.807, 2.05) is 0 Å². The smallest absolute Gasteiger partial charge is 0.309 e. The Kier molecular flexibility index (Phi) is 7.03. The summed E-state index contributed by atoms with van der Waals surface area (Å²) in [6.07, 6.45) is 0.122. The lowest BCUT2D eigenvalue weighted by Crippen LogP contribution is -2.40. The lowest BCUT2D eigenvalue weighted by molar-refractivity contribution is -0.151. The van der Waals surface area contributed by atoms with Gasteiger partial charge in [0.25, 0.3) is 0 Å². The van der Waals surface area contributed by atoms with E-state index in [0.29, 0.717) is 5.75 Å². The van der Waals surface area contributed by atoms with E-state index in [1.54, 1.807) is 0 Å². The zero-order valence-electron chi connectivity index (χ0n) is 16.7. The molecule has 32 heavy (non-hydrogen) atoms. The van der Waals surface area contributed by atoms with Crippen LogP contribution in [-0.2, 0) is 26.2 Å². The fraction of sp³-hybridized carbons (Fsp3) is 0.350. The second-order valence-electron chi connectivity index (χ2n) is 7.01. The van der Waals surface area contributed by atoms with Crippen LogP contribution >= 0.6 is 0 Å². The zero-order valence-corrected chi connectivity index (χ0v) is 17.5. The summed E-state index contributed by atoms with van der Waals surface area (Å²) in [5.41, 5.74) is -1.26. The number of carbonyl (C=O) groups excluding carboxylic acids is 1. The Morgan fingerprint density at radius 3 is 1.94 bits per heavy atom. The fourth-order valence-corrected chi connectivity index (χ4v) is 4.74. The second kappa shape index (κ2) is 9.41. The summed E-state index contributed by atoms with van der Waals surface area (Å²) in [5, 5.41) is 0. The molecule has 174 valence electrons. The summed E-state index contributed by atoms with van der Waals surface area (Å²) in [5.74, 6) is -11.9. The Morgan fingerprint density at radius 2 is 1.44 bits per heavy atom. The highest BCUT2D eigenvalue weighted by Crippen LogP contribution is 2.27. The van der Waals surface area contributed by atoms with E-state index in [9.17, 15) is 35.2 Å². The van der Waals surface area contributed by atoms with Gasteiger partial charge in [-0.1, -0.05) is 0 Å². The Bertz CT molecular complexity index is 1090. The van der Waals surface area contributed by atoms with Crippen LogP contribution in [0.15, 0.2) is 29.2 Å². The average molecular weight is 479 g/mol. The summed E-state index contributed by atoms with van der Waals surface area (Å²) >= 11 is 0. The summed E-state index contributed by atoms with van der Waals surface area (Å²) in [7, 11) is -2.36. The number of halogens is 5. The molecule has 6 nitrogen and oxygen atoms in total. The molecule has 3 rings (SSSR count). The van der Waals surface area contributed by atoms with Gasteiger partial charge >= 0.3 is 5.97 Å². The van der Waals surface area contributed by atoms with Gasteiger partial charge < -0.3 is 9.47 Å². The number of esters is 1.